The predicted molar refractivity (Wildman–Crippen MR) is 59.5 cm³/mol. The molecular weight excluding hydrogens is 230 g/mol. The van der Waals surface area contributed by atoms with Gasteiger partial charge in [-0.05, 0) is 12.1 Å². The van der Waals surface area contributed by atoms with E-state index in [0.29, 0.717) is 12.4 Å². The van der Waals surface area contributed by atoms with Gasteiger partial charge in [0.05, 0.1) is 11.4 Å². The summed E-state index contributed by atoms with van der Waals surface area (Å²) in [6, 6.07) is 5.08. The van der Waals surface area contributed by atoms with Crippen molar-refractivity contribution < 1.29 is 9.90 Å². The lowest BCUT2D eigenvalue weighted by atomic mass is 10.3. The number of hydrogen-bond acceptors (Lipinski definition) is 4. The molecule has 1 rings (SSSR count). The van der Waals surface area contributed by atoms with Gasteiger partial charge in [0.2, 0.25) is 0 Å². The molecule has 6 heteroatoms. The van der Waals surface area contributed by atoms with Crippen molar-refractivity contribution in [3.05, 3.63) is 22.8 Å². The van der Waals surface area contributed by atoms with Crippen molar-refractivity contribution in [2.45, 2.75) is 6.42 Å². The molecule has 1 aromatic rings. The Morgan fingerprint density at radius 2 is 2.38 bits per heavy atom. The molecule has 0 amide bonds. The molecule has 0 aliphatic rings. The number of anilines is 1. The summed E-state index contributed by atoms with van der Waals surface area (Å²) < 4.78 is 0. The molecule has 0 fully saturated rings. The Morgan fingerprint density at radius 3 is 2.94 bits per heavy atom. The van der Waals surface area contributed by atoms with Crippen LogP contribution in [0.1, 0.15) is 12.1 Å². The van der Waals surface area contributed by atoms with Crippen LogP contribution in [0.4, 0.5) is 5.82 Å². The summed E-state index contributed by atoms with van der Waals surface area (Å²) in [6.45, 7) is 0.328. The lowest BCUT2D eigenvalue weighted by Crippen LogP contribution is -2.22. The highest BCUT2D eigenvalue weighted by molar-refractivity contribution is 6.31. The molecule has 0 spiro atoms. The van der Waals surface area contributed by atoms with Crippen LogP contribution in [-0.4, -0.2) is 29.7 Å². The molecule has 0 aliphatic heterocycles. The SMILES string of the molecule is CN(CCC(=O)O)c1ccc(Cl)c(C#N)n1. The van der Waals surface area contributed by atoms with E-state index in [2.05, 4.69) is 4.98 Å². The molecule has 0 atom stereocenters. The lowest BCUT2D eigenvalue weighted by Gasteiger charge is -2.17. The maximum Gasteiger partial charge on any atom is 0.305 e. The normalized spacial score (nSPS) is 9.56. The van der Waals surface area contributed by atoms with Gasteiger partial charge >= 0.3 is 5.97 Å². The number of aromatic nitrogens is 1. The van der Waals surface area contributed by atoms with Crippen LogP contribution < -0.4 is 4.90 Å². The Kier molecular flexibility index (Phi) is 4.09. The molecule has 84 valence electrons. The third-order valence-corrected chi connectivity index (χ3v) is 2.29. The summed E-state index contributed by atoms with van der Waals surface area (Å²) in [5.74, 6) is -0.344. The molecule has 16 heavy (non-hydrogen) atoms. The largest absolute Gasteiger partial charge is 0.481 e. The fourth-order valence-corrected chi connectivity index (χ4v) is 1.25. The average Bonchev–Trinajstić information content (AvgIpc) is 2.26. The molecule has 0 saturated heterocycles. The maximum atomic E-state index is 10.4. The van der Waals surface area contributed by atoms with E-state index in [4.69, 9.17) is 22.0 Å². The van der Waals surface area contributed by atoms with E-state index < -0.39 is 5.97 Å². The molecule has 0 saturated carbocycles. The number of halogens is 1. The number of rotatable bonds is 4. The maximum absolute atomic E-state index is 10.4. The summed E-state index contributed by atoms with van der Waals surface area (Å²) in [7, 11) is 1.71. The standard InChI is InChI=1S/C10H10ClN3O2/c1-14(5-4-10(15)16)9-3-2-7(11)8(6-12)13-9/h2-3H,4-5H2,1H3,(H,15,16). The smallest absolute Gasteiger partial charge is 0.305 e. The number of nitriles is 1. The van der Waals surface area contributed by atoms with E-state index in [1.807, 2.05) is 6.07 Å². The molecule has 1 N–H and O–H groups in total. The van der Waals surface area contributed by atoms with Crippen LogP contribution in [0.3, 0.4) is 0 Å². The molecule has 0 aromatic carbocycles. The number of aliphatic carboxylic acids is 1. The molecule has 1 aromatic heterocycles. The number of nitrogens with zero attached hydrogens (tertiary/aromatic N) is 3. The van der Waals surface area contributed by atoms with Crippen molar-refractivity contribution in [2.75, 3.05) is 18.5 Å². The monoisotopic (exact) mass is 239 g/mol. The number of pyridine rings is 1. The second-order valence-electron chi connectivity index (χ2n) is 3.18. The zero-order valence-corrected chi connectivity index (χ0v) is 9.40. The minimum absolute atomic E-state index is 0.0166. The van der Waals surface area contributed by atoms with Gasteiger partial charge in [-0.15, -0.1) is 0 Å². The Labute approximate surface area is 97.9 Å². The van der Waals surface area contributed by atoms with Gasteiger partial charge in [-0.2, -0.15) is 5.26 Å². The quantitative estimate of drug-likeness (QED) is 0.862. The van der Waals surface area contributed by atoms with Gasteiger partial charge in [-0.25, -0.2) is 4.98 Å². The molecule has 5 nitrogen and oxygen atoms in total. The van der Waals surface area contributed by atoms with Crippen LogP contribution in [0.5, 0.6) is 0 Å². The number of carboxylic acid groups (broad SMARTS) is 1. The van der Waals surface area contributed by atoms with Crippen molar-refractivity contribution in [1.29, 1.82) is 5.26 Å². The van der Waals surface area contributed by atoms with Crippen LogP contribution >= 0.6 is 11.6 Å². The third kappa shape index (κ3) is 3.11. The van der Waals surface area contributed by atoms with E-state index in [-0.39, 0.29) is 17.1 Å². The fourth-order valence-electron chi connectivity index (χ4n) is 1.10. The van der Waals surface area contributed by atoms with Crippen molar-refractivity contribution in [3.63, 3.8) is 0 Å². The molecule has 1 heterocycles. The molecule has 0 aliphatic carbocycles. The zero-order valence-electron chi connectivity index (χ0n) is 8.64. The molecule has 0 radical (unpaired) electrons. The number of hydrogen-bond donors (Lipinski definition) is 1. The fraction of sp³-hybridized carbons (Fsp3) is 0.300. The van der Waals surface area contributed by atoms with Gasteiger partial charge in [0, 0.05) is 13.6 Å². The minimum atomic E-state index is -0.874. The van der Waals surface area contributed by atoms with Crippen molar-refractivity contribution in [1.82, 2.24) is 4.98 Å². The van der Waals surface area contributed by atoms with Crippen molar-refractivity contribution in [3.8, 4) is 6.07 Å². The Morgan fingerprint density at radius 1 is 1.69 bits per heavy atom. The first-order chi connectivity index (χ1) is 7.54. The van der Waals surface area contributed by atoms with E-state index in [9.17, 15) is 4.79 Å². The van der Waals surface area contributed by atoms with Crippen LogP contribution in [0.2, 0.25) is 5.02 Å². The second-order valence-corrected chi connectivity index (χ2v) is 3.58. The van der Waals surface area contributed by atoms with Gasteiger partial charge in [0.1, 0.15) is 11.9 Å². The molecular formula is C10H10ClN3O2. The highest BCUT2D eigenvalue weighted by Gasteiger charge is 2.08. The average molecular weight is 240 g/mol. The van der Waals surface area contributed by atoms with Gasteiger partial charge in [-0.1, -0.05) is 11.6 Å². The van der Waals surface area contributed by atoms with E-state index in [1.165, 1.54) is 0 Å². The van der Waals surface area contributed by atoms with E-state index in [0.717, 1.165) is 0 Å². The van der Waals surface area contributed by atoms with E-state index in [1.54, 1.807) is 24.1 Å². The van der Waals surface area contributed by atoms with E-state index >= 15 is 0 Å². The summed E-state index contributed by atoms with van der Waals surface area (Å²) >= 11 is 5.73. The van der Waals surface area contributed by atoms with Gasteiger partial charge in [-0.3, -0.25) is 4.79 Å². The van der Waals surface area contributed by atoms with Crippen molar-refractivity contribution in [2.24, 2.45) is 0 Å². The van der Waals surface area contributed by atoms with Gasteiger partial charge in [0.25, 0.3) is 0 Å². The van der Waals surface area contributed by atoms with Gasteiger partial charge < -0.3 is 10.0 Å². The molecule has 0 unspecified atom stereocenters. The third-order valence-electron chi connectivity index (χ3n) is 1.99. The molecule has 0 bridgehead atoms. The minimum Gasteiger partial charge on any atom is -0.481 e. The first-order valence-corrected chi connectivity index (χ1v) is 4.92. The van der Waals surface area contributed by atoms with Crippen molar-refractivity contribution >= 4 is 23.4 Å². The number of carboxylic acids is 1. The Hall–Kier alpha value is -1.80. The number of carbonyl (C=O) groups is 1. The second kappa shape index (κ2) is 5.33. The summed E-state index contributed by atoms with van der Waals surface area (Å²) in [5.41, 5.74) is 0.140. The highest BCUT2D eigenvalue weighted by atomic mass is 35.5. The first kappa shape index (κ1) is 12.3. The topological polar surface area (TPSA) is 77.2 Å². The zero-order chi connectivity index (χ0) is 12.1. The summed E-state index contributed by atoms with van der Waals surface area (Å²) in [6.07, 6.45) is 0.0166. The van der Waals surface area contributed by atoms with Crippen LogP contribution in [0, 0.1) is 11.3 Å². The van der Waals surface area contributed by atoms with Crippen LogP contribution in [0.15, 0.2) is 12.1 Å². The summed E-state index contributed by atoms with van der Waals surface area (Å²) in [4.78, 5) is 16.1. The first-order valence-electron chi connectivity index (χ1n) is 4.54. The predicted octanol–water partition coefficient (Wildman–Crippen LogP) is 1.52. The Bertz CT molecular complexity index is 442. The lowest BCUT2D eigenvalue weighted by molar-refractivity contribution is -0.136. The highest BCUT2D eigenvalue weighted by Crippen LogP contribution is 2.17. The van der Waals surface area contributed by atoms with Crippen LogP contribution in [-0.2, 0) is 4.79 Å². The Balaban J connectivity index is 2.80. The summed E-state index contributed by atoms with van der Waals surface area (Å²) in [5, 5.41) is 17.6. The van der Waals surface area contributed by atoms with Gasteiger partial charge in [0.15, 0.2) is 5.69 Å². The van der Waals surface area contributed by atoms with Crippen LogP contribution in [0.25, 0.3) is 0 Å².